The second-order valence-corrected chi connectivity index (χ2v) is 7.87. The van der Waals surface area contributed by atoms with Crippen LogP contribution in [0.15, 0.2) is 47.4 Å². The minimum absolute atomic E-state index is 0.0377. The molecule has 0 atom stereocenters. The molecule has 6 nitrogen and oxygen atoms in total. The molecule has 0 aliphatic rings. The van der Waals surface area contributed by atoms with E-state index in [-0.39, 0.29) is 5.69 Å². The average Bonchev–Trinajstić information content (AvgIpc) is 2.98. The molecule has 3 rings (SSSR count). The van der Waals surface area contributed by atoms with E-state index >= 15 is 0 Å². The number of aromatic nitrogens is 1. The van der Waals surface area contributed by atoms with Gasteiger partial charge >= 0.3 is 5.51 Å². The summed E-state index contributed by atoms with van der Waals surface area (Å²) in [7, 11) is -5.63. The van der Waals surface area contributed by atoms with E-state index in [2.05, 4.69) is 10.3 Å². The number of sulfone groups is 1. The van der Waals surface area contributed by atoms with E-state index in [4.69, 9.17) is 11.6 Å². The maximum absolute atomic E-state index is 12.7. The first kappa shape index (κ1) is 19.1. The van der Waals surface area contributed by atoms with Crippen LogP contribution in [-0.4, -0.2) is 29.9 Å². The van der Waals surface area contributed by atoms with Gasteiger partial charge in [0, 0.05) is 15.9 Å². The fourth-order valence-corrected chi connectivity index (χ4v) is 3.30. The SMILES string of the molecule is O=C(Nc1cc(S(=O)(=O)C(F)(F)F)ccc1O)c1cc2cc(Cl)ccc2[nH]1. The van der Waals surface area contributed by atoms with Crippen LogP contribution in [0.4, 0.5) is 18.9 Å². The second kappa shape index (κ2) is 6.46. The Balaban J connectivity index is 1.94. The van der Waals surface area contributed by atoms with Crippen molar-refractivity contribution in [2.24, 2.45) is 0 Å². The molecule has 0 aliphatic carbocycles. The Hall–Kier alpha value is -2.72. The minimum atomic E-state index is -5.63. The zero-order valence-corrected chi connectivity index (χ0v) is 14.7. The molecule has 1 heterocycles. The highest BCUT2D eigenvalue weighted by atomic mass is 35.5. The van der Waals surface area contributed by atoms with Gasteiger partial charge in [-0.15, -0.1) is 0 Å². The molecule has 1 amide bonds. The Kier molecular flexibility index (Phi) is 4.56. The van der Waals surface area contributed by atoms with Crippen molar-refractivity contribution >= 4 is 43.9 Å². The lowest BCUT2D eigenvalue weighted by Crippen LogP contribution is -2.23. The average molecular weight is 419 g/mol. The number of phenols is 1. The first-order chi connectivity index (χ1) is 12.5. The van der Waals surface area contributed by atoms with Crippen molar-refractivity contribution in [1.82, 2.24) is 4.98 Å². The summed E-state index contributed by atoms with van der Waals surface area (Å²) in [4.78, 5) is 14.0. The number of rotatable bonds is 3. The van der Waals surface area contributed by atoms with Crippen molar-refractivity contribution in [2.45, 2.75) is 10.4 Å². The normalized spacial score (nSPS) is 12.3. The van der Waals surface area contributed by atoms with Gasteiger partial charge in [0.05, 0.1) is 10.6 Å². The van der Waals surface area contributed by atoms with E-state index in [1.54, 1.807) is 18.2 Å². The van der Waals surface area contributed by atoms with Crippen LogP contribution in [0, 0.1) is 0 Å². The first-order valence-corrected chi connectivity index (χ1v) is 9.09. The number of nitrogens with one attached hydrogen (secondary N) is 2. The Morgan fingerprint density at radius 3 is 2.48 bits per heavy atom. The maximum atomic E-state index is 12.7. The number of H-pyrrole nitrogens is 1. The molecule has 3 N–H and O–H groups in total. The van der Waals surface area contributed by atoms with Crippen molar-refractivity contribution in [2.75, 3.05) is 5.32 Å². The predicted octanol–water partition coefficient (Wildman–Crippen LogP) is 4.07. The van der Waals surface area contributed by atoms with Crippen molar-refractivity contribution in [3.63, 3.8) is 0 Å². The summed E-state index contributed by atoms with van der Waals surface area (Å²) >= 11 is 5.86. The Morgan fingerprint density at radius 1 is 1.11 bits per heavy atom. The number of hydrogen-bond acceptors (Lipinski definition) is 4. The number of anilines is 1. The molecule has 0 unspecified atom stereocenters. The predicted molar refractivity (Wildman–Crippen MR) is 92.6 cm³/mol. The highest BCUT2D eigenvalue weighted by Gasteiger charge is 2.47. The van der Waals surface area contributed by atoms with E-state index < -0.39 is 37.6 Å². The van der Waals surface area contributed by atoms with Crippen molar-refractivity contribution in [1.29, 1.82) is 0 Å². The zero-order chi connectivity index (χ0) is 20.0. The smallest absolute Gasteiger partial charge is 0.501 e. The van der Waals surface area contributed by atoms with E-state index in [9.17, 15) is 31.5 Å². The molecule has 3 aromatic rings. The van der Waals surface area contributed by atoms with Crippen LogP contribution in [0.3, 0.4) is 0 Å². The zero-order valence-electron chi connectivity index (χ0n) is 13.1. The van der Waals surface area contributed by atoms with Crippen LogP contribution >= 0.6 is 11.6 Å². The number of benzene rings is 2. The Bertz CT molecular complexity index is 1160. The van der Waals surface area contributed by atoms with Gasteiger partial charge in [-0.05, 0) is 42.5 Å². The van der Waals surface area contributed by atoms with E-state index in [1.807, 2.05) is 0 Å². The number of carbonyl (C=O) groups is 1. The van der Waals surface area contributed by atoms with Crippen LogP contribution in [0.2, 0.25) is 5.02 Å². The number of aromatic hydroxyl groups is 1. The summed E-state index contributed by atoms with van der Waals surface area (Å²) in [5.41, 5.74) is -5.37. The van der Waals surface area contributed by atoms with Gasteiger partial charge in [0.25, 0.3) is 15.7 Å². The van der Waals surface area contributed by atoms with Gasteiger partial charge in [0.1, 0.15) is 11.4 Å². The maximum Gasteiger partial charge on any atom is 0.501 e. The minimum Gasteiger partial charge on any atom is -0.506 e. The summed E-state index contributed by atoms with van der Waals surface area (Å²) in [6.45, 7) is 0. The van der Waals surface area contributed by atoms with Crippen LogP contribution in [0.1, 0.15) is 10.5 Å². The third kappa shape index (κ3) is 3.58. The third-order valence-electron chi connectivity index (χ3n) is 3.66. The van der Waals surface area contributed by atoms with Crippen LogP contribution < -0.4 is 5.32 Å². The molecule has 2 aromatic carbocycles. The number of halogens is 4. The van der Waals surface area contributed by atoms with Crippen LogP contribution in [0.5, 0.6) is 5.75 Å². The number of carbonyl (C=O) groups excluding carboxylic acids is 1. The van der Waals surface area contributed by atoms with E-state index in [0.717, 1.165) is 6.07 Å². The molecule has 0 spiro atoms. The van der Waals surface area contributed by atoms with Gasteiger partial charge in [0.2, 0.25) is 0 Å². The molecule has 0 fully saturated rings. The molecular weight excluding hydrogens is 409 g/mol. The lowest BCUT2D eigenvalue weighted by molar-refractivity contribution is -0.0436. The molecule has 142 valence electrons. The quantitative estimate of drug-likeness (QED) is 0.558. The Morgan fingerprint density at radius 2 is 1.81 bits per heavy atom. The number of amides is 1. The number of phenolic OH excluding ortho intramolecular Hbond substituents is 1. The lowest BCUT2D eigenvalue weighted by Gasteiger charge is -2.11. The number of alkyl halides is 3. The fraction of sp³-hybridized carbons (Fsp3) is 0.0625. The van der Waals surface area contributed by atoms with Gasteiger partial charge in [-0.3, -0.25) is 4.79 Å². The van der Waals surface area contributed by atoms with Crippen LogP contribution in [0.25, 0.3) is 10.9 Å². The highest BCUT2D eigenvalue weighted by Crippen LogP contribution is 2.34. The molecule has 27 heavy (non-hydrogen) atoms. The standard InChI is InChI=1S/C16H10ClF3N2O4S/c17-9-1-3-11-8(5-9)6-13(21-11)15(24)22-12-7-10(2-4-14(12)23)27(25,26)16(18,19)20/h1-7,21,23H,(H,22,24). The highest BCUT2D eigenvalue weighted by molar-refractivity contribution is 7.92. The molecule has 1 aromatic heterocycles. The summed E-state index contributed by atoms with van der Waals surface area (Å²) in [5, 5.41) is 13.0. The molecule has 0 radical (unpaired) electrons. The van der Waals surface area contributed by atoms with Crippen molar-refractivity contribution in [3.05, 3.63) is 53.2 Å². The second-order valence-electron chi connectivity index (χ2n) is 5.50. The number of aromatic amines is 1. The number of hydrogen-bond donors (Lipinski definition) is 3. The van der Waals surface area contributed by atoms with E-state index in [0.29, 0.717) is 28.1 Å². The summed E-state index contributed by atoms with van der Waals surface area (Å²) in [6, 6.07) is 8.15. The molecule has 0 saturated heterocycles. The lowest BCUT2D eigenvalue weighted by atomic mass is 10.2. The first-order valence-electron chi connectivity index (χ1n) is 7.23. The molecule has 0 bridgehead atoms. The fourth-order valence-electron chi connectivity index (χ4n) is 2.33. The monoisotopic (exact) mass is 418 g/mol. The van der Waals surface area contributed by atoms with Crippen molar-refractivity contribution < 1.29 is 31.5 Å². The van der Waals surface area contributed by atoms with Crippen molar-refractivity contribution in [3.8, 4) is 5.75 Å². The topological polar surface area (TPSA) is 99.3 Å². The summed E-state index contributed by atoms with van der Waals surface area (Å²) < 4.78 is 61.0. The van der Waals surface area contributed by atoms with Gasteiger partial charge in [-0.25, -0.2) is 8.42 Å². The van der Waals surface area contributed by atoms with Gasteiger partial charge in [-0.1, -0.05) is 11.6 Å². The van der Waals surface area contributed by atoms with Gasteiger partial charge < -0.3 is 15.4 Å². The van der Waals surface area contributed by atoms with Gasteiger partial charge in [-0.2, -0.15) is 13.2 Å². The van der Waals surface area contributed by atoms with E-state index in [1.165, 1.54) is 6.07 Å². The molecule has 11 heteroatoms. The van der Waals surface area contributed by atoms with Gasteiger partial charge in [0.15, 0.2) is 0 Å². The summed E-state index contributed by atoms with van der Waals surface area (Å²) in [6.07, 6.45) is 0. The molecular formula is C16H10ClF3N2O4S. The Labute approximate surface area is 155 Å². The van der Waals surface area contributed by atoms with Crippen LogP contribution in [-0.2, 0) is 9.84 Å². The summed E-state index contributed by atoms with van der Waals surface area (Å²) in [5.74, 6) is -1.39. The molecule has 0 saturated carbocycles. The largest absolute Gasteiger partial charge is 0.506 e. The number of fused-ring (bicyclic) bond motifs is 1. The molecule has 0 aliphatic heterocycles. The third-order valence-corrected chi connectivity index (χ3v) is 5.38.